The Morgan fingerprint density at radius 2 is 1.90 bits per heavy atom. The molecule has 0 radical (unpaired) electrons. The van der Waals surface area contributed by atoms with Crippen molar-refractivity contribution in [3.63, 3.8) is 0 Å². The zero-order valence-corrected chi connectivity index (χ0v) is 16.7. The van der Waals surface area contributed by atoms with E-state index in [-0.39, 0.29) is 30.0 Å². The standard InChI is InChI=1S/C25H22FNO3/c1-16(28)22-7-2-3-8-23(22)18-9-10-24-19(13-18)14-21(30-24)15-27-25(29)12-17-5-4-6-20(26)11-17/h2-11,13,21H,12,14-15H2,1H3,(H,27,29)/t21-/m1/s1. The first kappa shape index (κ1) is 19.8. The summed E-state index contributed by atoms with van der Waals surface area (Å²) in [6, 6.07) is 19.5. The number of rotatable bonds is 6. The number of carbonyl (C=O) groups excluding carboxylic acids is 2. The zero-order valence-electron chi connectivity index (χ0n) is 16.7. The quantitative estimate of drug-likeness (QED) is 0.623. The molecule has 152 valence electrons. The van der Waals surface area contributed by atoms with Crippen LogP contribution in [0.5, 0.6) is 5.75 Å². The normalized spacial score (nSPS) is 14.7. The molecule has 3 aromatic rings. The molecule has 30 heavy (non-hydrogen) atoms. The number of fused-ring (bicyclic) bond motifs is 1. The Balaban J connectivity index is 1.39. The second-order valence-corrected chi connectivity index (χ2v) is 7.48. The molecule has 0 unspecified atom stereocenters. The smallest absolute Gasteiger partial charge is 0.224 e. The van der Waals surface area contributed by atoms with Crippen LogP contribution >= 0.6 is 0 Å². The molecule has 0 fully saturated rings. The van der Waals surface area contributed by atoms with Crippen LogP contribution in [0.1, 0.15) is 28.4 Å². The van der Waals surface area contributed by atoms with Crippen LogP contribution in [0.25, 0.3) is 11.1 Å². The number of ether oxygens (including phenoxy) is 1. The summed E-state index contributed by atoms with van der Waals surface area (Å²) in [5, 5.41) is 2.87. The summed E-state index contributed by atoms with van der Waals surface area (Å²) in [5.41, 5.74) is 4.25. The summed E-state index contributed by atoms with van der Waals surface area (Å²) >= 11 is 0. The number of carbonyl (C=O) groups is 2. The van der Waals surface area contributed by atoms with Gasteiger partial charge in [-0.25, -0.2) is 4.39 Å². The molecular formula is C25H22FNO3. The fourth-order valence-electron chi connectivity index (χ4n) is 3.77. The molecule has 0 saturated heterocycles. The Morgan fingerprint density at radius 1 is 1.07 bits per heavy atom. The van der Waals surface area contributed by atoms with Crippen LogP contribution in [0.2, 0.25) is 0 Å². The zero-order chi connectivity index (χ0) is 21.1. The van der Waals surface area contributed by atoms with Crippen molar-refractivity contribution in [2.75, 3.05) is 6.54 Å². The fraction of sp³-hybridized carbons (Fsp3) is 0.200. The van der Waals surface area contributed by atoms with Crippen molar-refractivity contribution in [2.24, 2.45) is 0 Å². The molecule has 0 aliphatic carbocycles. The molecule has 0 spiro atoms. The van der Waals surface area contributed by atoms with Gasteiger partial charge in [0, 0.05) is 12.0 Å². The van der Waals surface area contributed by atoms with Crippen LogP contribution in [0.15, 0.2) is 66.7 Å². The van der Waals surface area contributed by atoms with Gasteiger partial charge in [-0.1, -0.05) is 42.5 Å². The third-order valence-corrected chi connectivity index (χ3v) is 5.20. The van der Waals surface area contributed by atoms with Crippen molar-refractivity contribution >= 4 is 11.7 Å². The fourth-order valence-corrected chi connectivity index (χ4v) is 3.77. The number of halogens is 1. The third kappa shape index (κ3) is 4.40. The van der Waals surface area contributed by atoms with Gasteiger partial charge in [0.1, 0.15) is 17.7 Å². The van der Waals surface area contributed by atoms with Gasteiger partial charge in [-0.2, -0.15) is 0 Å². The van der Waals surface area contributed by atoms with Crippen molar-refractivity contribution in [3.05, 3.63) is 89.2 Å². The molecule has 0 bridgehead atoms. The van der Waals surface area contributed by atoms with Gasteiger partial charge < -0.3 is 10.1 Å². The van der Waals surface area contributed by atoms with Crippen LogP contribution in [0.3, 0.4) is 0 Å². The highest BCUT2D eigenvalue weighted by Gasteiger charge is 2.24. The Labute approximate surface area is 174 Å². The molecule has 0 saturated carbocycles. The van der Waals surface area contributed by atoms with E-state index in [1.54, 1.807) is 19.1 Å². The highest BCUT2D eigenvalue weighted by atomic mass is 19.1. The van der Waals surface area contributed by atoms with Gasteiger partial charge in [0.2, 0.25) is 5.91 Å². The van der Waals surface area contributed by atoms with Crippen LogP contribution in [0.4, 0.5) is 4.39 Å². The molecule has 3 aromatic carbocycles. The molecule has 1 atom stereocenters. The summed E-state index contributed by atoms with van der Waals surface area (Å²) in [5.74, 6) is 0.304. The number of nitrogens with one attached hydrogen (secondary N) is 1. The summed E-state index contributed by atoms with van der Waals surface area (Å²) in [6.45, 7) is 1.94. The highest BCUT2D eigenvalue weighted by Crippen LogP contribution is 2.34. The molecular weight excluding hydrogens is 381 g/mol. The Morgan fingerprint density at radius 3 is 2.70 bits per heavy atom. The predicted octanol–water partition coefficient (Wildman–Crippen LogP) is 4.36. The molecule has 1 aliphatic rings. The van der Waals surface area contributed by atoms with E-state index >= 15 is 0 Å². The van der Waals surface area contributed by atoms with Gasteiger partial charge in [-0.05, 0) is 53.4 Å². The van der Waals surface area contributed by atoms with E-state index in [0.29, 0.717) is 24.1 Å². The van der Waals surface area contributed by atoms with E-state index in [4.69, 9.17) is 4.74 Å². The van der Waals surface area contributed by atoms with E-state index in [0.717, 1.165) is 22.4 Å². The molecule has 1 amide bonds. The molecule has 1 aliphatic heterocycles. The summed E-state index contributed by atoms with van der Waals surface area (Å²) in [7, 11) is 0. The second kappa shape index (κ2) is 8.49. The van der Waals surface area contributed by atoms with Crippen LogP contribution < -0.4 is 10.1 Å². The van der Waals surface area contributed by atoms with E-state index in [9.17, 15) is 14.0 Å². The first-order chi connectivity index (χ1) is 14.5. The van der Waals surface area contributed by atoms with E-state index in [2.05, 4.69) is 5.32 Å². The lowest BCUT2D eigenvalue weighted by molar-refractivity contribution is -0.120. The van der Waals surface area contributed by atoms with Crippen molar-refractivity contribution in [3.8, 4) is 16.9 Å². The van der Waals surface area contributed by atoms with Gasteiger partial charge in [0.25, 0.3) is 0 Å². The number of hydrogen-bond acceptors (Lipinski definition) is 3. The molecule has 1 heterocycles. The maximum Gasteiger partial charge on any atom is 0.224 e. The summed E-state index contributed by atoms with van der Waals surface area (Å²) in [6.07, 6.45) is 0.643. The number of benzene rings is 3. The Bertz CT molecular complexity index is 1110. The van der Waals surface area contributed by atoms with Gasteiger partial charge in [0.15, 0.2) is 5.78 Å². The molecule has 4 nitrogen and oxygen atoms in total. The molecule has 1 N–H and O–H groups in total. The molecule has 5 heteroatoms. The summed E-state index contributed by atoms with van der Waals surface area (Å²) < 4.78 is 19.2. The summed E-state index contributed by atoms with van der Waals surface area (Å²) in [4.78, 5) is 24.1. The van der Waals surface area contributed by atoms with Crippen LogP contribution in [0, 0.1) is 5.82 Å². The van der Waals surface area contributed by atoms with Gasteiger partial charge in [0.05, 0.1) is 13.0 Å². The van der Waals surface area contributed by atoms with E-state index in [1.165, 1.54) is 12.1 Å². The molecule has 4 rings (SSSR count). The van der Waals surface area contributed by atoms with Gasteiger partial charge in [-0.3, -0.25) is 9.59 Å². The Kier molecular flexibility index (Phi) is 5.61. The van der Waals surface area contributed by atoms with E-state index in [1.807, 2.05) is 42.5 Å². The molecule has 0 aromatic heterocycles. The van der Waals surface area contributed by atoms with Crippen molar-refractivity contribution in [2.45, 2.75) is 25.9 Å². The largest absolute Gasteiger partial charge is 0.488 e. The topological polar surface area (TPSA) is 55.4 Å². The maximum absolute atomic E-state index is 13.3. The van der Waals surface area contributed by atoms with Gasteiger partial charge >= 0.3 is 0 Å². The third-order valence-electron chi connectivity index (χ3n) is 5.20. The second-order valence-electron chi connectivity index (χ2n) is 7.48. The minimum atomic E-state index is -0.350. The van der Waals surface area contributed by atoms with Crippen LogP contribution in [-0.4, -0.2) is 24.3 Å². The predicted molar refractivity (Wildman–Crippen MR) is 113 cm³/mol. The lowest BCUT2D eigenvalue weighted by atomic mass is 9.95. The monoisotopic (exact) mass is 403 g/mol. The average Bonchev–Trinajstić information content (AvgIpc) is 3.14. The minimum Gasteiger partial charge on any atom is -0.488 e. The average molecular weight is 403 g/mol. The first-order valence-electron chi connectivity index (χ1n) is 9.90. The maximum atomic E-state index is 13.3. The van der Waals surface area contributed by atoms with E-state index < -0.39 is 0 Å². The number of amides is 1. The van der Waals surface area contributed by atoms with Gasteiger partial charge in [-0.15, -0.1) is 0 Å². The van der Waals surface area contributed by atoms with Crippen molar-refractivity contribution < 1.29 is 18.7 Å². The number of ketones is 1. The minimum absolute atomic E-state index is 0.0289. The van der Waals surface area contributed by atoms with Crippen molar-refractivity contribution in [1.82, 2.24) is 5.32 Å². The Hall–Kier alpha value is -3.47. The SMILES string of the molecule is CC(=O)c1ccccc1-c1ccc2c(c1)C[C@H](CNC(=O)Cc1cccc(F)c1)O2. The first-order valence-corrected chi connectivity index (χ1v) is 9.90. The lowest BCUT2D eigenvalue weighted by Gasteiger charge is -2.12. The highest BCUT2D eigenvalue weighted by molar-refractivity contribution is 6.00. The van der Waals surface area contributed by atoms with Crippen LogP contribution in [-0.2, 0) is 17.6 Å². The number of hydrogen-bond donors (Lipinski definition) is 1. The number of Topliss-reactive ketones (excluding diaryl/α,β-unsaturated/α-hetero) is 1. The lowest BCUT2D eigenvalue weighted by Crippen LogP contribution is -2.35. The van der Waals surface area contributed by atoms with Crippen molar-refractivity contribution in [1.29, 1.82) is 0 Å².